The third kappa shape index (κ3) is 6.00. The van der Waals surface area contributed by atoms with Crippen molar-refractivity contribution in [3.05, 3.63) is 47.8 Å². The first kappa shape index (κ1) is 26.9. The molecule has 2 aliphatic heterocycles. The average Bonchev–Trinajstić information content (AvgIpc) is 3.39. The fourth-order valence-corrected chi connectivity index (χ4v) is 4.95. The van der Waals surface area contributed by atoms with Gasteiger partial charge < -0.3 is 29.9 Å². The van der Waals surface area contributed by atoms with Crippen LogP contribution in [0.4, 0.5) is 5.69 Å². The zero-order chi connectivity index (χ0) is 27.4. The second kappa shape index (κ2) is 12.0. The molecule has 1 amide bonds. The van der Waals surface area contributed by atoms with E-state index in [0.717, 1.165) is 31.9 Å². The van der Waals surface area contributed by atoms with Gasteiger partial charge in [-0.05, 0) is 41.8 Å². The molecule has 1 aromatic heterocycles. The summed E-state index contributed by atoms with van der Waals surface area (Å²) in [6.45, 7) is 11.1. The smallest absolute Gasteiger partial charge is 0.289 e. The van der Waals surface area contributed by atoms with Crippen molar-refractivity contribution in [1.29, 1.82) is 0 Å². The SMILES string of the molecule is CC(C)c1cc(-c2nnc(C(=O)NCCN3CCOCC3)n2-c2ccc(N3CCOCC3)cc2)c(O)cc1O. The third-order valence-electron chi connectivity index (χ3n) is 7.18. The third-order valence-corrected chi connectivity index (χ3v) is 7.18. The van der Waals surface area contributed by atoms with Crippen LogP contribution in [0.15, 0.2) is 36.4 Å². The highest BCUT2D eigenvalue weighted by atomic mass is 16.5. The number of nitrogens with zero attached hydrogens (tertiary/aromatic N) is 5. The molecule has 0 aliphatic carbocycles. The van der Waals surface area contributed by atoms with Crippen molar-refractivity contribution in [2.75, 3.05) is 70.6 Å². The topological polar surface area (TPSA) is 125 Å². The number of carbonyl (C=O) groups excluding carboxylic acids is 1. The van der Waals surface area contributed by atoms with E-state index in [4.69, 9.17) is 9.47 Å². The van der Waals surface area contributed by atoms with Gasteiger partial charge in [-0.1, -0.05) is 13.8 Å². The Bertz CT molecular complexity index is 1280. The number of hydrogen-bond acceptors (Lipinski definition) is 9. The molecule has 3 heterocycles. The summed E-state index contributed by atoms with van der Waals surface area (Å²) in [7, 11) is 0. The number of amides is 1. The molecule has 208 valence electrons. The van der Waals surface area contributed by atoms with Crippen LogP contribution in [0, 0.1) is 0 Å². The van der Waals surface area contributed by atoms with Crippen LogP contribution in [0.25, 0.3) is 17.1 Å². The summed E-state index contributed by atoms with van der Waals surface area (Å²) in [4.78, 5) is 17.8. The Labute approximate surface area is 228 Å². The minimum atomic E-state index is -0.360. The molecule has 0 atom stereocenters. The van der Waals surface area contributed by atoms with Crippen molar-refractivity contribution in [3.63, 3.8) is 0 Å². The Morgan fingerprint density at radius 3 is 2.23 bits per heavy atom. The molecule has 0 bridgehead atoms. The van der Waals surface area contributed by atoms with Gasteiger partial charge in [0, 0.05) is 56.7 Å². The summed E-state index contributed by atoms with van der Waals surface area (Å²) >= 11 is 0. The van der Waals surface area contributed by atoms with Gasteiger partial charge in [-0.2, -0.15) is 0 Å². The molecule has 3 aromatic rings. The first-order valence-corrected chi connectivity index (χ1v) is 13.5. The number of nitrogens with one attached hydrogen (secondary N) is 1. The molecule has 3 N–H and O–H groups in total. The van der Waals surface area contributed by atoms with E-state index in [1.165, 1.54) is 6.07 Å². The van der Waals surface area contributed by atoms with Gasteiger partial charge in [-0.3, -0.25) is 14.3 Å². The van der Waals surface area contributed by atoms with Crippen LogP contribution >= 0.6 is 0 Å². The lowest BCUT2D eigenvalue weighted by molar-refractivity contribution is 0.0383. The summed E-state index contributed by atoms with van der Waals surface area (Å²) in [5, 5.41) is 32.7. The van der Waals surface area contributed by atoms with E-state index in [-0.39, 0.29) is 29.1 Å². The Hall–Kier alpha value is -3.67. The van der Waals surface area contributed by atoms with Crippen LogP contribution in [-0.2, 0) is 9.47 Å². The molecule has 0 unspecified atom stereocenters. The molecule has 0 spiro atoms. The lowest BCUT2D eigenvalue weighted by Gasteiger charge is -2.29. The summed E-state index contributed by atoms with van der Waals surface area (Å²) in [5.41, 5.74) is 2.79. The Morgan fingerprint density at radius 2 is 1.56 bits per heavy atom. The molecule has 5 rings (SSSR count). The van der Waals surface area contributed by atoms with E-state index in [1.54, 1.807) is 10.6 Å². The zero-order valence-electron chi connectivity index (χ0n) is 22.5. The number of phenols is 2. The molecule has 11 heteroatoms. The predicted molar refractivity (Wildman–Crippen MR) is 147 cm³/mol. The number of phenolic OH excluding ortho intramolecular Hbond substituents is 2. The van der Waals surface area contributed by atoms with Gasteiger partial charge in [0.25, 0.3) is 5.91 Å². The Kier molecular flexibility index (Phi) is 8.30. The van der Waals surface area contributed by atoms with Crippen molar-refractivity contribution >= 4 is 11.6 Å². The van der Waals surface area contributed by atoms with E-state index >= 15 is 0 Å². The maximum absolute atomic E-state index is 13.4. The van der Waals surface area contributed by atoms with Gasteiger partial charge in [0.05, 0.1) is 32.0 Å². The van der Waals surface area contributed by atoms with Gasteiger partial charge in [0.15, 0.2) is 5.82 Å². The number of ether oxygens (including phenoxy) is 2. The normalized spacial score (nSPS) is 16.5. The second-order valence-electron chi connectivity index (χ2n) is 10.1. The van der Waals surface area contributed by atoms with Gasteiger partial charge >= 0.3 is 0 Å². The molecule has 0 radical (unpaired) electrons. The summed E-state index contributed by atoms with van der Waals surface area (Å²) in [6, 6.07) is 10.9. The van der Waals surface area contributed by atoms with E-state index in [0.29, 0.717) is 62.2 Å². The van der Waals surface area contributed by atoms with Gasteiger partial charge in [0.2, 0.25) is 5.82 Å². The van der Waals surface area contributed by atoms with Crippen molar-refractivity contribution in [1.82, 2.24) is 25.0 Å². The highest BCUT2D eigenvalue weighted by Gasteiger charge is 2.25. The van der Waals surface area contributed by atoms with Crippen LogP contribution in [0.5, 0.6) is 11.5 Å². The second-order valence-corrected chi connectivity index (χ2v) is 10.1. The van der Waals surface area contributed by atoms with Crippen LogP contribution in [-0.4, -0.2) is 101 Å². The average molecular weight is 537 g/mol. The quantitative estimate of drug-likeness (QED) is 0.398. The highest BCUT2D eigenvalue weighted by Crippen LogP contribution is 2.38. The maximum atomic E-state index is 13.4. The molecule has 2 fully saturated rings. The number of benzene rings is 2. The minimum absolute atomic E-state index is 0.00765. The standard InChI is InChI=1S/C28H36N6O5/c1-19(2)22-17-23(25(36)18-24(22)35)26-30-31-27(28(37)29-7-8-32-9-13-38-14-10-32)34(26)21-5-3-20(4-6-21)33-11-15-39-16-12-33/h3-6,17-19,35-36H,7-16H2,1-2H3,(H,29,37). The van der Waals surface area contributed by atoms with Crippen LogP contribution < -0.4 is 10.2 Å². The van der Waals surface area contributed by atoms with Crippen LogP contribution in [0.2, 0.25) is 0 Å². The molecular weight excluding hydrogens is 500 g/mol. The summed E-state index contributed by atoms with van der Waals surface area (Å²) in [5.74, 6) is -0.0577. The van der Waals surface area contributed by atoms with E-state index in [2.05, 4.69) is 25.3 Å². The number of carbonyl (C=O) groups is 1. The van der Waals surface area contributed by atoms with Gasteiger partial charge in [-0.15, -0.1) is 10.2 Å². The Morgan fingerprint density at radius 1 is 0.923 bits per heavy atom. The molecule has 2 aliphatic rings. The fourth-order valence-electron chi connectivity index (χ4n) is 4.95. The van der Waals surface area contributed by atoms with E-state index in [9.17, 15) is 15.0 Å². The van der Waals surface area contributed by atoms with Crippen molar-refractivity contribution < 1.29 is 24.5 Å². The lowest BCUT2D eigenvalue weighted by Crippen LogP contribution is -2.41. The lowest BCUT2D eigenvalue weighted by atomic mass is 9.98. The Balaban J connectivity index is 1.48. The minimum Gasteiger partial charge on any atom is -0.508 e. The monoisotopic (exact) mass is 536 g/mol. The summed E-state index contributed by atoms with van der Waals surface area (Å²) in [6.07, 6.45) is 0. The number of aromatic nitrogens is 3. The van der Waals surface area contributed by atoms with Crippen molar-refractivity contribution in [3.8, 4) is 28.6 Å². The first-order chi connectivity index (χ1) is 18.9. The number of aromatic hydroxyl groups is 2. The largest absolute Gasteiger partial charge is 0.508 e. The van der Waals surface area contributed by atoms with E-state index < -0.39 is 0 Å². The number of hydrogen-bond donors (Lipinski definition) is 3. The van der Waals surface area contributed by atoms with Crippen LogP contribution in [0.3, 0.4) is 0 Å². The van der Waals surface area contributed by atoms with E-state index in [1.807, 2.05) is 38.1 Å². The van der Waals surface area contributed by atoms with Crippen LogP contribution in [0.1, 0.15) is 35.9 Å². The molecule has 11 nitrogen and oxygen atoms in total. The molecular formula is C28H36N6O5. The molecule has 39 heavy (non-hydrogen) atoms. The fraction of sp³-hybridized carbons (Fsp3) is 0.464. The maximum Gasteiger partial charge on any atom is 0.289 e. The number of morpholine rings is 2. The molecule has 2 saturated heterocycles. The highest BCUT2D eigenvalue weighted by molar-refractivity contribution is 5.92. The number of rotatable bonds is 8. The zero-order valence-corrected chi connectivity index (χ0v) is 22.5. The molecule has 2 aromatic carbocycles. The summed E-state index contributed by atoms with van der Waals surface area (Å²) < 4.78 is 12.5. The first-order valence-electron chi connectivity index (χ1n) is 13.5. The van der Waals surface area contributed by atoms with Crippen molar-refractivity contribution in [2.24, 2.45) is 0 Å². The van der Waals surface area contributed by atoms with Gasteiger partial charge in [0.1, 0.15) is 11.5 Å². The molecule has 0 saturated carbocycles. The number of anilines is 1. The van der Waals surface area contributed by atoms with Crippen molar-refractivity contribution in [2.45, 2.75) is 19.8 Å². The van der Waals surface area contributed by atoms with Gasteiger partial charge in [-0.25, -0.2) is 0 Å². The predicted octanol–water partition coefficient (Wildman–Crippen LogP) is 2.37.